The number of anilines is 1. The van der Waals surface area contributed by atoms with E-state index in [0.29, 0.717) is 34.3 Å². The molecule has 0 spiro atoms. The fourth-order valence-electron chi connectivity index (χ4n) is 5.48. The van der Waals surface area contributed by atoms with Crippen LogP contribution >= 0.6 is 0 Å². The van der Waals surface area contributed by atoms with Gasteiger partial charge in [-0.25, -0.2) is 17.2 Å². The van der Waals surface area contributed by atoms with Crippen molar-refractivity contribution in [3.05, 3.63) is 71.0 Å². The Morgan fingerprint density at radius 2 is 1.88 bits per heavy atom. The number of nitrogens with zero attached hydrogens (tertiary/aromatic N) is 4. The number of ether oxygens (including phenoxy) is 1. The van der Waals surface area contributed by atoms with Crippen LogP contribution in [0.5, 0.6) is 5.75 Å². The number of sulfone groups is 1. The van der Waals surface area contributed by atoms with E-state index in [1.165, 1.54) is 22.8 Å². The highest BCUT2D eigenvalue weighted by molar-refractivity contribution is 7.91. The van der Waals surface area contributed by atoms with Crippen molar-refractivity contribution in [2.24, 2.45) is 13.0 Å². The first kappa shape index (κ1) is 28.4. The number of fused-ring (bicyclic) bond motifs is 1. The standard InChI is InChI=1S/C30H33F2N5O4S/c1-3-42(39,40)23-6-7-27(41-19-20-15-30(20,31)32)24(14-23)26-18-35(2)29(38)28-25(26)13-21(34-28)17-36-9-11-37(12-10-36)22-5-4-8-33-16-22/h4-8,13-14,16,18,20,34H,3,9-12,15,17,19H2,1-2H3. The van der Waals surface area contributed by atoms with E-state index in [1.54, 1.807) is 26.4 Å². The van der Waals surface area contributed by atoms with Crippen LogP contribution in [-0.2, 0) is 23.4 Å². The summed E-state index contributed by atoms with van der Waals surface area (Å²) in [5.74, 6) is -3.41. The van der Waals surface area contributed by atoms with Gasteiger partial charge < -0.3 is 19.2 Å². The van der Waals surface area contributed by atoms with Gasteiger partial charge in [0, 0.05) is 80.8 Å². The van der Waals surface area contributed by atoms with Crippen LogP contribution in [0.2, 0.25) is 0 Å². The van der Waals surface area contributed by atoms with E-state index in [2.05, 4.69) is 19.8 Å². The molecule has 12 heteroatoms. The maximum atomic E-state index is 13.6. The molecule has 4 aromatic rings. The molecule has 1 aromatic carbocycles. The number of rotatable bonds is 9. The second kappa shape index (κ2) is 10.8. The third kappa shape index (κ3) is 5.52. The van der Waals surface area contributed by atoms with Gasteiger partial charge in [-0.3, -0.25) is 14.7 Å². The van der Waals surface area contributed by atoms with Crippen molar-refractivity contribution in [2.75, 3.05) is 43.4 Å². The van der Waals surface area contributed by atoms with E-state index >= 15 is 0 Å². The lowest BCUT2D eigenvalue weighted by atomic mass is 10.0. The predicted molar refractivity (Wildman–Crippen MR) is 157 cm³/mol. The molecule has 42 heavy (non-hydrogen) atoms. The van der Waals surface area contributed by atoms with Crippen LogP contribution in [-0.4, -0.2) is 72.3 Å². The Labute approximate surface area is 242 Å². The van der Waals surface area contributed by atoms with Gasteiger partial charge in [0.2, 0.25) is 0 Å². The molecule has 9 nitrogen and oxygen atoms in total. The van der Waals surface area contributed by atoms with E-state index in [9.17, 15) is 22.0 Å². The van der Waals surface area contributed by atoms with Gasteiger partial charge in [0.25, 0.3) is 11.5 Å². The van der Waals surface area contributed by atoms with E-state index < -0.39 is 21.7 Å². The van der Waals surface area contributed by atoms with Crippen molar-refractivity contribution in [1.29, 1.82) is 0 Å². The van der Waals surface area contributed by atoms with Crippen LogP contribution in [0.25, 0.3) is 22.0 Å². The number of piperazine rings is 1. The molecular weight excluding hydrogens is 564 g/mol. The Balaban J connectivity index is 1.33. The van der Waals surface area contributed by atoms with Crippen LogP contribution in [0.15, 0.2) is 64.7 Å². The Morgan fingerprint density at radius 1 is 1.12 bits per heavy atom. The van der Waals surface area contributed by atoms with Crippen LogP contribution in [0.3, 0.4) is 0 Å². The number of aryl methyl sites for hydroxylation is 1. The predicted octanol–water partition coefficient (Wildman–Crippen LogP) is 4.08. The number of nitrogens with one attached hydrogen (secondary N) is 1. The molecule has 1 saturated heterocycles. The number of hydrogen-bond donors (Lipinski definition) is 1. The number of pyridine rings is 2. The first-order valence-corrected chi connectivity index (χ1v) is 15.7. The molecule has 1 aliphatic carbocycles. The third-order valence-electron chi connectivity index (χ3n) is 8.17. The summed E-state index contributed by atoms with van der Waals surface area (Å²) in [5.41, 5.74) is 3.13. The number of aromatic amines is 1. The number of aromatic nitrogens is 3. The van der Waals surface area contributed by atoms with Crippen LogP contribution in [0.1, 0.15) is 19.0 Å². The summed E-state index contributed by atoms with van der Waals surface area (Å²) in [5, 5.41) is 0.620. The third-order valence-corrected chi connectivity index (χ3v) is 9.91. The molecular formula is C30H33F2N5O4S. The number of H-pyrrole nitrogens is 1. The van der Waals surface area contributed by atoms with Crippen LogP contribution < -0.4 is 15.2 Å². The maximum Gasteiger partial charge on any atom is 0.274 e. The minimum Gasteiger partial charge on any atom is -0.492 e. The van der Waals surface area contributed by atoms with E-state index in [-0.39, 0.29) is 29.2 Å². The summed E-state index contributed by atoms with van der Waals surface area (Å²) >= 11 is 0. The van der Waals surface area contributed by atoms with Gasteiger partial charge in [-0.2, -0.15) is 0 Å². The molecule has 2 fully saturated rings. The Hall–Kier alpha value is -3.77. The van der Waals surface area contributed by atoms with E-state index in [4.69, 9.17) is 4.74 Å². The first-order valence-electron chi connectivity index (χ1n) is 14.0. The van der Waals surface area contributed by atoms with Gasteiger partial charge in [-0.1, -0.05) is 6.92 Å². The Morgan fingerprint density at radius 3 is 2.55 bits per heavy atom. The summed E-state index contributed by atoms with van der Waals surface area (Å²) in [4.78, 5) is 25.4. The van der Waals surface area contributed by atoms with Gasteiger partial charge >= 0.3 is 0 Å². The van der Waals surface area contributed by atoms with Gasteiger partial charge in [-0.05, 0) is 36.4 Å². The Kier molecular flexibility index (Phi) is 7.30. The van der Waals surface area contributed by atoms with Gasteiger partial charge in [0.05, 0.1) is 35.1 Å². The maximum absolute atomic E-state index is 13.6. The molecule has 222 valence electrons. The highest BCUT2D eigenvalue weighted by Crippen LogP contribution is 2.49. The van der Waals surface area contributed by atoms with Crippen LogP contribution in [0, 0.1) is 5.92 Å². The van der Waals surface area contributed by atoms with Gasteiger partial charge in [0.15, 0.2) is 9.84 Å². The summed E-state index contributed by atoms with van der Waals surface area (Å²) in [6, 6.07) is 10.4. The molecule has 0 amide bonds. The molecule has 4 heterocycles. The first-order chi connectivity index (χ1) is 20.1. The SMILES string of the molecule is CCS(=O)(=O)c1ccc(OCC2CC2(F)F)c(-c2cn(C)c(=O)c3[nH]c(CN4CCN(c5cccnc5)CC4)cc23)c1. The summed E-state index contributed by atoms with van der Waals surface area (Å²) in [6.45, 7) is 5.33. The second-order valence-corrected chi connectivity index (χ2v) is 13.3. The average molecular weight is 598 g/mol. The number of halogens is 2. The minimum absolute atomic E-state index is 0.0913. The van der Waals surface area contributed by atoms with Crippen molar-refractivity contribution in [1.82, 2.24) is 19.4 Å². The lowest BCUT2D eigenvalue weighted by Gasteiger charge is -2.35. The topological polar surface area (TPSA) is 101 Å². The molecule has 1 aliphatic heterocycles. The zero-order valence-corrected chi connectivity index (χ0v) is 24.3. The zero-order chi connectivity index (χ0) is 29.6. The van der Waals surface area contributed by atoms with Gasteiger partial charge in [0.1, 0.15) is 11.3 Å². The fourth-order valence-corrected chi connectivity index (χ4v) is 6.39. The largest absolute Gasteiger partial charge is 0.492 e. The Bertz CT molecular complexity index is 1780. The molecule has 6 rings (SSSR count). The van der Waals surface area contributed by atoms with E-state index in [0.717, 1.165) is 37.6 Å². The highest BCUT2D eigenvalue weighted by Gasteiger charge is 2.57. The van der Waals surface area contributed by atoms with Crippen molar-refractivity contribution in [3.8, 4) is 16.9 Å². The number of benzene rings is 1. The summed E-state index contributed by atoms with van der Waals surface area (Å²) in [7, 11) is -1.93. The fraction of sp³-hybridized carbons (Fsp3) is 0.400. The van der Waals surface area contributed by atoms with Crippen molar-refractivity contribution < 1.29 is 21.9 Å². The molecule has 1 N–H and O–H groups in total. The lowest BCUT2D eigenvalue weighted by Crippen LogP contribution is -2.46. The molecule has 2 aliphatic rings. The number of alkyl halides is 2. The quantitative estimate of drug-likeness (QED) is 0.310. The number of hydrogen-bond acceptors (Lipinski definition) is 7. The minimum atomic E-state index is -3.56. The normalized spacial score (nSPS) is 18.9. The molecule has 1 unspecified atom stereocenters. The van der Waals surface area contributed by atoms with Crippen LogP contribution in [0.4, 0.5) is 14.5 Å². The van der Waals surface area contributed by atoms with Crippen molar-refractivity contribution >= 4 is 26.4 Å². The molecule has 0 bridgehead atoms. The van der Waals surface area contributed by atoms with Crippen molar-refractivity contribution in [3.63, 3.8) is 0 Å². The molecule has 3 aromatic heterocycles. The summed E-state index contributed by atoms with van der Waals surface area (Å²) < 4.78 is 60.0. The zero-order valence-electron chi connectivity index (χ0n) is 23.5. The molecule has 0 radical (unpaired) electrons. The second-order valence-electron chi connectivity index (χ2n) is 11.1. The highest BCUT2D eigenvalue weighted by atomic mass is 32.2. The molecule has 1 saturated carbocycles. The van der Waals surface area contributed by atoms with E-state index in [1.807, 2.05) is 24.4 Å². The monoisotopic (exact) mass is 597 g/mol. The van der Waals surface area contributed by atoms with Crippen molar-refractivity contribution in [2.45, 2.75) is 30.7 Å². The summed E-state index contributed by atoms with van der Waals surface area (Å²) in [6.07, 6.45) is 5.03. The lowest BCUT2D eigenvalue weighted by molar-refractivity contribution is 0.0857. The molecule has 1 atom stereocenters. The smallest absolute Gasteiger partial charge is 0.274 e. The average Bonchev–Trinajstić information content (AvgIpc) is 3.39. The van der Waals surface area contributed by atoms with Gasteiger partial charge in [-0.15, -0.1) is 0 Å².